The first-order valence-corrected chi connectivity index (χ1v) is 6.00. The standard InChI is InChI=1S/C15H18N2O2/c1-17-12-8-7-10(16)9-11(12)15-13(18-2)5-4-6-14(15)19-3/h4-9,17H,16H2,1-3H3. The molecule has 0 saturated heterocycles. The van der Waals surface area contributed by atoms with Gasteiger partial charge in [-0.15, -0.1) is 0 Å². The van der Waals surface area contributed by atoms with Crippen molar-refractivity contribution < 1.29 is 9.47 Å². The fraction of sp³-hybridized carbons (Fsp3) is 0.200. The van der Waals surface area contributed by atoms with Crippen LogP contribution < -0.4 is 20.5 Å². The summed E-state index contributed by atoms with van der Waals surface area (Å²) in [6.45, 7) is 0. The number of nitrogens with two attached hydrogens (primary N) is 1. The molecule has 0 radical (unpaired) electrons. The molecule has 4 nitrogen and oxygen atoms in total. The number of rotatable bonds is 4. The van der Waals surface area contributed by atoms with E-state index >= 15 is 0 Å². The summed E-state index contributed by atoms with van der Waals surface area (Å²) in [5, 5.41) is 3.16. The minimum absolute atomic E-state index is 0.696. The molecule has 2 aromatic carbocycles. The third-order valence-corrected chi connectivity index (χ3v) is 3.01. The third-order valence-electron chi connectivity index (χ3n) is 3.01. The number of ether oxygens (including phenoxy) is 2. The zero-order valence-electron chi connectivity index (χ0n) is 11.4. The maximum Gasteiger partial charge on any atom is 0.130 e. The number of anilines is 2. The van der Waals surface area contributed by atoms with Gasteiger partial charge in [0.05, 0.1) is 19.8 Å². The summed E-state index contributed by atoms with van der Waals surface area (Å²) < 4.78 is 10.9. The van der Waals surface area contributed by atoms with E-state index < -0.39 is 0 Å². The first-order chi connectivity index (χ1) is 9.21. The van der Waals surface area contributed by atoms with Crippen LogP contribution in [0.3, 0.4) is 0 Å². The van der Waals surface area contributed by atoms with E-state index in [0.717, 1.165) is 28.3 Å². The van der Waals surface area contributed by atoms with Crippen molar-refractivity contribution in [2.24, 2.45) is 0 Å². The van der Waals surface area contributed by atoms with Crippen molar-refractivity contribution in [1.29, 1.82) is 0 Å². The van der Waals surface area contributed by atoms with Crippen LogP contribution >= 0.6 is 0 Å². The number of hydrogen-bond acceptors (Lipinski definition) is 4. The fourth-order valence-electron chi connectivity index (χ4n) is 2.10. The average Bonchev–Trinajstić information content (AvgIpc) is 2.46. The van der Waals surface area contributed by atoms with Crippen molar-refractivity contribution in [3.05, 3.63) is 36.4 Å². The maximum absolute atomic E-state index is 5.89. The molecule has 2 rings (SSSR count). The average molecular weight is 258 g/mol. The normalized spacial score (nSPS) is 10.1. The number of nitrogens with one attached hydrogen (secondary N) is 1. The molecule has 100 valence electrons. The molecule has 0 atom stereocenters. The lowest BCUT2D eigenvalue weighted by Crippen LogP contribution is -1.98. The minimum Gasteiger partial charge on any atom is -0.496 e. The van der Waals surface area contributed by atoms with E-state index in [0.29, 0.717) is 5.69 Å². The molecule has 0 unspecified atom stereocenters. The molecule has 0 spiro atoms. The number of nitrogen functional groups attached to an aromatic ring is 1. The Bertz CT molecular complexity index is 560. The van der Waals surface area contributed by atoms with Gasteiger partial charge in [-0.2, -0.15) is 0 Å². The van der Waals surface area contributed by atoms with Crippen molar-refractivity contribution >= 4 is 11.4 Å². The number of methoxy groups -OCH3 is 2. The lowest BCUT2D eigenvalue weighted by atomic mass is 10.0. The Morgan fingerprint density at radius 1 is 1.00 bits per heavy atom. The molecule has 2 aromatic rings. The van der Waals surface area contributed by atoms with Crippen LogP contribution in [0.4, 0.5) is 11.4 Å². The Morgan fingerprint density at radius 3 is 2.16 bits per heavy atom. The second kappa shape index (κ2) is 5.52. The predicted molar refractivity (Wildman–Crippen MR) is 78.9 cm³/mol. The summed E-state index contributed by atoms with van der Waals surface area (Å²) in [6, 6.07) is 11.4. The van der Waals surface area contributed by atoms with Crippen LogP contribution in [0.2, 0.25) is 0 Å². The van der Waals surface area contributed by atoms with Gasteiger partial charge in [-0.25, -0.2) is 0 Å². The van der Waals surface area contributed by atoms with Crippen LogP contribution in [-0.2, 0) is 0 Å². The van der Waals surface area contributed by atoms with Crippen LogP contribution in [0.25, 0.3) is 11.1 Å². The van der Waals surface area contributed by atoms with Gasteiger partial charge in [-0.05, 0) is 30.3 Å². The molecule has 0 saturated carbocycles. The van der Waals surface area contributed by atoms with Crippen LogP contribution in [0, 0.1) is 0 Å². The molecule has 0 bridgehead atoms. The highest BCUT2D eigenvalue weighted by atomic mass is 16.5. The molecule has 0 fully saturated rings. The fourth-order valence-corrected chi connectivity index (χ4v) is 2.10. The van der Waals surface area contributed by atoms with E-state index in [-0.39, 0.29) is 0 Å². The van der Waals surface area contributed by atoms with E-state index in [2.05, 4.69) is 5.32 Å². The Hall–Kier alpha value is -2.36. The molecule has 0 aliphatic carbocycles. The first-order valence-electron chi connectivity index (χ1n) is 6.00. The SMILES string of the molecule is CNc1ccc(N)cc1-c1c(OC)cccc1OC. The van der Waals surface area contributed by atoms with Crippen molar-refractivity contribution in [1.82, 2.24) is 0 Å². The number of hydrogen-bond donors (Lipinski definition) is 2. The molecule has 0 aliphatic heterocycles. The van der Waals surface area contributed by atoms with Crippen LogP contribution in [-0.4, -0.2) is 21.3 Å². The summed E-state index contributed by atoms with van der Waals surface area (Å²) in [7, 11) is 5.16. The summed E-state index contributed by atoms with van der Waals surface area (Å²) in [5.74, 6) is 1.50. The third kappa shape index (κ3) is 2.42. The van der Waals surface area contributed by atoms with Crippen LogP contribution in [0.15, 0.2) is 36.4 Å². The van der Waals surface area contributed by atoms with Gasteiger partial charge in [0, 0.05) is 24.0 Å². The van der Waals surface area contributed by atoms with Crippen molar-refractivity contribution in [3.63, 3.8) is 0 Å². The quantitative estimate of drug-likeness (QED) is 0.828. The highest BCUT2D eigenvalue weighted by Gasteiger charge is 2.15. The monoisotopic (exact) mass is 258 g/mol. The molecule has 0 amide bonds. The molecule has 0 aromatic heterocycles. The van der Waals surface area contributed by atoms with Crippen LogP contribution in [0.5, 0.6) is 11.5 Å². The summed E-state index contributed by atoms with van der Waals surface area (Å²) in [6.07, 6.45) is 0. The summed E-state index contributed by atoms with van der Waals surface area (Å²) in [4.78, 5) is 0. The van der Waals surface area contributed by atoms with E-state index in [9.17, 15) is 0 Å². The van der Waals surface area contributed by atoms with Crippen LogP contribution in [0.1, 0.15) is 0 Å². The molecule has 0 aliphatic rings. The molecular formula is C15H18N2O2. The van der Waals surface area contributed by atoms with Crippen molar-refractivity contribution in [2.75, 3.05) is 32.3 Å². The van der Waals surface area contributed by atoms with Gasteiger partial charge >= 0.3 is 0 Å². The predicted octanol–water partition coefficient (Wildman–Crippen LogP) is 2.99. The van der Waals surface area contributed by atoms with Crippen molar-refractivity contribution in [2.45, 2.75) is 0 Å². The highest BCUT2D eigenvalue weighted by Crippen LogP contribution is 2.42. The smallest absolute Gasteiger partial charge is 0.130 e. The zero-order valence-corrected chi connectivity index (χ0v) is 11.4. The largest absolute Gasteiger partial charge is 0.496 e. The molecule has 4 heteroatoms. The topological polar surface area (TPSA) is 56.5 Å². The lowest BCUT2D eigenvalue weighted by molar-refractivity contribution is 0.397. The van der Waals surface area contributed by atoms with E-state index in [1.165, 1.54) is 0 Å². The van der Waals surface area contributed by atoms with Gasteiger partial charge in [-0.1, -0.05) is 6.07 Å². The Labute approximate surface area is 113 Å². The Balaban J connectivity index is 2.73. The second-order valence-electron chi connectivity index (χ2n) is 4.09. The number of benzene rings is 2. The van der Waals surface area contributed by atoms with Crippen molar-refractivity contribution in [3.8, 4) is 22.6 Å². The molecular weight excluding hydrogens is 240 g/mol. The van der Waals surface area contributed by atoms with E-state index in [1.54, 1.807) is 14.2 Å². The molecule has 19 heavy (non-hydrogen) atoms. The Morgan fingerprint density at radius 2 is 1.63 bits per heavy atom. The summed E-state index contributed by atoms with van der Waals surface area (Å²) in [5.41, 5.74) is 9.41. The maximum atomic E-state index is 5.89. The van der Waals surface area contributed by atoms with Gasteiger partial charge in [0.25, 0.3) is 0 Å². The zero-order chi connectivity index (χ0) is 13.8. The van der Waals surface area contributed by atoms with E-state index in [4.69, 9.17) is 15.2 Å². The summed E-state index contributed by atoms with van der Waals surface area (Å²) >= 11 is 0. The minimum atomic E-state index is 0.696. The molecule has 3 N–H and O–H groups in total. The first kappa shape index (κ1) is 13.1. The van der Waals surface area contributed by atoms with Gasteiger partial charge in [0.1, 0.15) is 11.5 Å². The van der Waals surface area contributed by atoms with E-state index in [1.807, 2.05) is 43.4 Å². The Kier molecular flexibility index (Phi) is 3.80. The lowest BCUT2D eigenvalue weighted by Gasteiger charge is -2.16. The van der Waals surface area contributed by atoms with Gasteiger partial charge < -0.3 is 20.5 Å². The van der Waals surface area contributed by atoms with Gasteiger partial charge in [-0.3, -0.25) is 0 Å². The van der Waals surface area contributed by atoms with Gasteiger partial charge in [0.2, 0.25) is 0 Å². The van der Waals surface area contributed by atoms with Gasteiger partial charge in [0.15, 0.2) is 0 Å². The molecule has 0 heterocycles. The second-order valence-corrected chi connectivity index (χ2v) is 4.09. The highest BCUT2D eigenvalue weighted by molar-refractivity contribution is 5.87.